The van der Waals surface area contributed by atoms with Crippen LogP contribution >= 0.6 is 11.8 Å². The molecule has 44 heavy (non-hydrogen) atoms. The lowest BCUT2D eigenvalue weighted by Crippen LogP contribution is -2.38. The summed E-state index contributed by atoms with van der Waals surface area (Å²) in [5.74, 6) is -12.2. The van der Waals surface area contributed by atoms with Gasteiger partial charge in [-0.15, -0.1) is 5.10 Å². The Hall–Kier alpha value is -3.92. The highest BCUT2D eigenvalue weighted by molar-refractivity contribution is 7.99. The number of halogens is 5. The number of ether oxygens (including phenoxy) is 2. The topological polar surface area (TPSA) is 111 Å². The summed E-state index contributed by atoms with van der Waals surface area (Å²) >= 11 is 1.43. The number of amides is 1. The SMILES string of the molecule is C[C@@H]1[C@H](CSc2nnnn2C)O[C@H](c2ccc(CNC(=O)c3c(F)c(F)c(F)c(F)c3F)cc2)O[C@@H]1c1ccc(CO)cc1. The lowest BCUT2D eigenvalue weighted by Gasteiger charge is -2.41. The van der Waals surface area contributed by atoms with Crippen molar-refractivity contribution in [1.82, 2.24) is 25.5 Å². The predicted molar refractivity (Wildman–Crippen MR) is 146 cm³/mol. The molecule has 5 rings (SSSR count). The van der Waals surface area contributed by atoms with Crippen LogP contribution in [0.25, 0.3) is 0 Å². The molecule has 1 saturated heterocycles. The third kappa shape index (κ3) is 6.45. The molecule has 2 N–H and O–H groups in total. The molecule has 3 aromatic carbocycles. The summed E-state index contributed by atoms with van der Waals surface area (Å²) in [7, 11) is 1.73. The van der Waals surface area contributed by atoms with Gasteiger partial charge in [-0.25, -0.2) is 26.6 Å². The average molecular weight is 636 g/mol. The monoisotopic (exact) mass is 635 g/mol. The number of aromatic nitrogens is 4. The number of aliphatic hydroxyl groups is 1. The summed E-state index contributed by atoms with van der Waals surface area (Å²) in [5.41, 5.74) is 1.21. The molecule has 9 nitrogen and oxygen atoms in total. The molecule has 0 bridgehead atoms. The van der Waals surface area contributed by atoms with Crippen molar-refractivity contribution < 1.29 is 41.3 Å². The summed E-state index contributed by atoms with van der Waals surface area (Å²) in [4.78, 5) is 12.3. The van der Waals surface area contributed by atoms with Gasteiger partial charge in [0.05, 0.1) is 18.8 Å². The Kier molecular flexibility index (Phi) is 9.58. The standard InChI is InChI=1S/C29H26F5N5O4S/c1-14-19(13-44-29-36-37-38-39(29)2)42-28(43-26(14)17-7-5-16(12-40)6-8-17)18-9-3-15(4-10-18)11-35-27(41)20-21(30)23(32)25(34)24(33)22(20)31/h3-10,14,19,26,28,40H,11-13H2,1-2H3,(H,35,41)/t14-,19+,26+,28+/m1/s1. The summed E-state index contributed by atoms with van der Waals surface area (Å²) in [5, 5.41) is 23.8. The summed E-state index contributed by atoms with van der Waals surface area (Å²) in [6.45, 7) is 1.66. The van der Waals surface area contributed by atoms with Crippen molar-refractivity contribution in [3.05, 3.63) is 105 Å². The van der Waals surface area contributed by atoms with Crippen molar-refractivity contribution >= 4 is 17.7 Å². The Balaban J connectivity index is 1.31. The molecule has 1 amide bonds. The number of hydrogen-bond donors (Lipinski definition) is 2. The van der Waals surface area contributed by atoms with Gasteiger partial charge in [0.2, 0.25) is 11.0 Å². The molecule has 1 aromatic heterocycles. The summed E-state index contributed by atoms with van der Waals surface area (Å²) < 4.78 is 82.7. The summed E-state index contributed by atoms with van der Waals surface area (Å²) in [6, 6.07) is 14.0. The highest BCUT2D eigenvalue weighted by atomic mass is 32.2. The normalized spacial score (nSPS) is 20.1. The predicted octanol–water partition coefficient (Wildman–Crippen LogP) is 4.91. The molecule has 0 radical (unpaired) electrons. The first kappa shape index (κ1) is 31.5. The van der Waals surface area contributed by atoms with Crippen LogP contribution in [0.5, 0.6) is 0 Å². The van der Waals surface area contributed by atoms with Crippen LogP contribution in [-0.2, 0) is 29.7 Å². The van der Waals surface area contributed by atoms with Crippen molar-refractivity contribution in [1.29, 1.82) is 0 Å². The van der Waals surface area contributed by atoms with Gasteiger partial charge >= 0.3 is 0 Å². The molecule has 0 unspecified atom stereocenters. The first-order chi connectivity index (χ1) is 21.1. The number of thioether (sulfide) groups is 1. The lowest BCUT2D eigenvalue weighted by atomic mass is 9.91. The van der Waals surface area contributed by atoms with E-state index in [2.05, 4.69) is 20.8 Å². The molecular weight excluding hydrogens is 609 g/mol. The zero-order valence-electron chi connectivity index (χ0n) is 23.3. The van der Waals surface area contributed by atoms with Crippen LogP contribution in [0, 0.1) is 35.0 Å². The van der Waals surface area contributed by atoms with Gasteiger partial charge in [0, 0.05) is 30.8 Å². The van der Waals surface area contributed by atoms with Gasteiger partial charge in [0.25, 0.3) is 5.91 Å². The third-order valence-electron chi connectivity index (χ3n) is 7.22. The minimum atomic E-state index is -2.34. The quantitative estimate of drug-likeness (QED) is 0.116. The third-order valence-corrected chi connectivity index (χ3v) is 8.32. The van der Waals surface area contributed by atoms with E-state index in [0.717, 1.165) is 11.1 Å². The highest BCUT2D eigenvalue weighted by Gasteiger charge is 2.38. The van der Waals surface area contributed by atoms with Crippen LogP contribution in [0.3, 0.4) is 0 Å². The Morgan fingerprint density at radius 2 is 1.50 bits per heavy atom. The smallest absolute Gasteiger partial charge is 0.257 e. The van der Waals surface area contributed by atoms with Crippen LogP contribution in [0.2, 0.25) is 0 Å². The maximum absolute atomic E-state index is 14.0. The van der Waals surface area contributed by atoms with Gasteiger partial charge in [0.15, 0.2) is 29.6 Å². The molecule has 4 atom stereocenters. The fraction of sp³-hybridized carbons (Fsp3) is 0.310. The number of nitrogens with zero attached hydrogens (tertiary/aromatic N) is 4. The van der Waals surface area contributed by atoms with Gasteiger partial charge in [-0.2, -0.15) is 0 Å². The number of hydrogen-bond acceptors (Lipinski definition) is 8. The Morgan fingerprint density at radius 3 is 2.09 bits per heavy atom. The van der Waals surface area contributed by atoms with Crippen LogP contribution < -0.4 is 5.32 Å². The largest absolute Gasteiger partial charge is 0.392 e. The van der Waals surface area contributed by atoms with Crippen LogP contribution in [0.4, 0.5) is 22.0 Å². The Bertz CT molecular complexity index is 1610. The Labute approximate surface area is 252 Å². The molecule has 15 heteroatoms. The molecule has 4 aromatic rings. The molecule has 2 heterocycles. The van der Waals surface area contributed by atoms with E-state index in [4.69, 9.17) is 9.47 Å². The van der Waals surface area contributed by atoms with Gasteiger partial charge in [-0.1, -0.05) is 67.2 Å². The van der Waals surface area contributed by atoms with Crippen molar-refractivity contribution in [2.24, 2.45) is 13.0 Å². The molecular formula is C29H26F5N5O4S. The highest BCUT2D eigenvalue weighted by Crippen LogP contribution is 2.42. The maximum atomic E-state index is 14.0. The minimum Gasteiger partial charge on any atom is -0.392 e. The number of carbonyl (C=O) groups is 1. The first-order valence-corrected chi connectivity index (χ1v) is 14.3. The zero-order valence-corrected chi connectivity index (χ0v) is 24.1. The van der Waals surface area contributed by atoms with Crippen LogP contribution in [0.15, 0.2) is 53.7 Å². The van der Waals surface area contributed by atoms with Crippen LogP contribution in [0.1, 0.15) is 51.9 Å². The lowest BCUT2D eigenvalue weighted by molar-refractivity contribution is -0.268. The van der Waals surface area contributed by atoms with E-state index in [9.17, 15) is 31.9 Å². The average Bonchev–Trinajstić information content (AvgIpc) is 3.46. The molecule has 232 valence electrons. The van der Waals surface area contributed by atoms with E-state index >= 15 is 0 Å². The molecule has 0 aliphatic carbocycles. The fourth-order valence-corrected chi connectivity index (χ4v) is 5.69. The molecule has 1 aliphatic heterocycles. The van der Waals surface area contributed by atoms with E-state index < -0.39 is 46.8 Å². The van der Waals surface area contributed by atoms with Gasteiger partial charge < -0.3 is 19.9 Å². The molecule has 0 saturated carbocycles. The van der Waals surface area contributed by atoms with E-state index in [1.54, 1.807) is 36.0 Å². The summed E-state index contributed by atoms with van der Waals surface area (Å²) in [6.07, 6.45) is -1.46. The molecule has 1 fully saturated rings. The van der Waals surface area contributed by atoms with Gasteiger partial charge in [-0.3, -0.25) is 4.79 Å². The number of nitrogens with one attached hydrogen (secondary N) is 1. The van der Waals surface area contributed by atoms with Crippen LogP contribution in [-0.4, -0.2) is 43.1 Å². The second kappa shape index (κ2) is 13.4. The number of aliphatic hydroxyl groups excluding tert-OH is 1. The van der Waals surface area contributed by atoms with E-state index in [-0.39, 0.29) is 31.3 Å². The van der Waals surface area contributed by atoms with Crippen molar-refractivity contribution in [3.63, 3.8) is 0 Å². The minimum absolute atomic E-state index is 0.0867. The maximum Gasteiger partial charge on any atom is 0.257 e. The number of rotatable bonds is 9. The number of benzene rings is 3. The number of aryl methyl sites for hydroxylation is 1. The van der Waals surface area contributed by atoms with Crippen molar-refractivity contribution in [2.75, 3.05) is 5.75 Å². The zero-order chi connectivity index (χ0) is 31.5. The van der Waals surface area contributed by atoms with E-state index in [1.807, 2.05) is 31.2 Å². The second-order valence-corrected chi connectivity index (χ2v) is 11.1. The fourth-order valence-electron chi connectivity index (χ4n) is 4.68. The second-order valence-electron chi connectivity index (χ2n) is 10.1. The number of carbonyl (C=O) groups excluding carboxylic acids is 1. The number of tetrazole rings is 1. The van der Waals surface area contributed by atoms with Crippen molar-refractivity contribution in [3.8, 4) is 0 Å². The first-order valence-electron chi connectivity index (χ1n) is 13.3. The van der Waals surface area contributed by atoms with E-state index in [0.29, 0.717) is 22.0 Å². The molecule has 0 spiro atoms. The Morgan fingerprint density at radius 1 is 0.909 bits per heavy atom. The van der Waals surface area contributed by atoms with Gasteiger partial charge in [-0.05, 0) is 27.1 Å². The van der Waals surface area contributed by atoms with E-state index in [1.165, 1.54) is 11.8 Å². The molecule has 1 aliphatic rings. The van der Waals surface area contributed by atoms with Gasteiger partial charge in [0.1, 0.15) is 5.56 Å². The van der Waals surface area contributed by atoms with Crippen molar-refractivity contribution in [2.45, 2.75) is 43.7 Å².